The number of unbranched alkanes of at least 4 members (excludes halogenated alkanes) is 1. The quantitative estimate of drug-likeness (QED) is 0.743. The molecule has 1 heterocycles. The predicted molar refractivity (Wildman–Crippen MR) is 104 cm³/mol. The molecule has 0 atom stereocenters. The van der Waals surface area contributed by atoms with Crippen LogP contribution in [0.1, 0.15) is 30.4 Å². The fourth-order valence-corrected chi connectivity index (χ4v) is 3.35. The molecule has 27 heavy (non-hydrogen) atoms. The summed E-state index contributed by atoms with van der Waals surface area (Å²) in [4.78, 5) is 28.2. The molecule has 0 aliphatic carbocycles. The van der Waals surface area contributed by atoms with Gasteiger partial charge < -0.3 is 9.80 Å². The number of carbonyl (C=O) groups excluding carboxylic acids is 2. The van der Waals surface area contributed by atoms with Crippen LogP contribution in [0.5, 0.6) is 0 Å². The average molecular weight is 361 g/mol. The Morgan fingerprint density at radius 2 is 1.74 bits per heavy atom. The number of hydrogen-bond acceptors (Lipinski definition) is 3. The van der Waals surface area contributed by atoms with Gasteiger partial charge in [0.25, 0.3) is 0 Å². The molecule has 0 aromatic heterocycles. The van der Waals surface area contributed by atoms with E-state index in [-0.39, 0.29) is 18.4 Å². The van der Waals surface area contributed by atoms with Crippen molar-refractivity contribution in [3.8, 4) is 6.07 Å². The molecule has 1 fully saturated rings. The van der Waals surface area contributed by atoms with Crippen molar-refractivity contribution < 1.29 is 9.59 Å². The zero-order valence-corrected chi connectivity index (χ0v) is 15.3. The molecule has 138 valence electrons. The molecule has 5 nitrogen and oxygen atoms in total. The molecule has 0 saturated carbocycles. The van der Waals surface area contributed by atoms with E-state index in [1.165, 1.54) is 5.56 Å². The summed E-state index contributed by atoms with van der Waals surface area (Å²) in [5.74, 6) is -0.105. The van der Waals surface area contributed by atoms with E-state index in [1.54, 1.807) is 28.0 Å². The van der Waals surface area contributed by atoms with Crippen molar-refractivity contribution in [1.29, 1.82) is 5.26 Å². The van der Waals surface area contributed by atoms with E-state index in [0.717, 1.165) is 19.3 Å². The summed E-state index contributed by atoms with van der Waals surface area (Å²) in [6.45, 7) is 1.01. The molecule has 2 amide bonds. The molecule has 2 aromatic rings. The lowest BCUT2D eigenvalue weighted by atomic mass is 10.1. The molecule has 3 rings (SSSR count). The number of rotatable bonds is 6. The van der Waals surface area contributed by atoms with E-state index in [0.29, 0.717) is 30.8 Å². The van der Waals surface area contributed by atoms with E-state index in [2.05, 4.69) is 18.2 Å². The van der Waals surface area contributed by atoms with Gasteiger partial charge in [-0.2, -0.15) is 5.26 Å². The molecule has 0 spiro atoms. The monoisotopic (exact) mass is 361 g/mol. The summed E-state index contributed by atoms with van der Waals surface area (Å²) in [7, 11) is 0. The Morgan fingerprint density at radius 1 is 1.00 bits per heavy atom. The van der Waals surface area contributed by atoms with Gasteiger partial charge in [-0.15, -0.1) is 0 Å². The Hall–Kier alpha value is -3.13. The second-order valence-electron chi connectivity index (χ2n) is 6.68. The highest BCUT2D eigenvalue weighted by Crippen LogP contribution is 2.22. The van der Waals surface area contributed by atoms with Crippen LogP contribution in [-0.2, 0) is 16.0 Å². The largest absolute Gasteiger partial charge is 0.332 e. The van der Waals surface area contributed by atoms with Gasteiger partial charge in [0, 0.05) is 19.5 Å². The Kier molecular flexibility index (Phi) is 6.22. The zero-order chi connectivity index (χ0) is 19.1. The minimum Gasteiger partial charge on any atom is -0.332 e. The number of hydrogen-bond donors (Lipinski definition) is 0. The molecule has 1 aliphatic rings. The van der Waals surface area contributed by atoms with Gasteiger partial charge in [0.1, 0.15) is 12.6 Å². The number of anilines is 1. The van der Waals surface area contributed by atoms with Crippen LogP contribution in [-0.4, -0.2) is 36.3 Å². The van der Waals surface area contributed by atoms with E-state index in [9.17, 15) is 14.9 Å². The molecule has 2 aromatic carbocycles. The summed E-state index contributed by atoms with van der Waals surface area (Å²) >= 11 is 0. The Labute approximate surface area is 159 Å². The number of amides is 2. The average Bonchev–Trinajstić information content (AvgIpc) is 2.71. The van der Waals surface area contributed by atoms with Gasteiger partial charge in [-0.05, 0) is 37.0 Å². The Balaban J connectivity index is 1.48. The lowest BCUT2D eigenvalue weighted by Gasteiger charge is -2.34. The molecular formula is C22H23N3O2. The first kappa shape index (κ1) is 18.7. The third-order valence-electron chi connectivity index (χ3n) is 4.84. The van der Waals surface area contributed by atoms with E-state index >= 15 is 0 Å². The number of carbonyl (C=O) groups is 2. The van der Waals surface area contributed by atoms with Crippen molar-refractivity contribution in [2.24, 2.45) is 0 Å². The van der Waals surface area contributed by atoms with Crippen molar-refractivity contribution in [1.82, 2.24) is 4.90 Å². The van der Waals surface area contributed by atoms with Gasteiger partial charge in [0.15, 0.2) is 0 Å². The fraction of sp³-hybridized carbons (Fsp3) is 0.318. The standard InChI is InChI=1S/C22H23N3O2/c23-16-19-11-5-6-12-20(19)25-15-14-24(17-22(25)27)21(26)13-7-4-10-18-8-2-1-3-9-18/h1-3,5-6,8-9,11-12H,4,7,10,13-15,17H2. The van der Waals surface area contributed by atoms with Crippen LogP contribution in [0, 0.1) is 11.3 Å². The second kappa shape index (κ2) is 9.00. The molecule has 0 radical (unpaired) electrons. The van der Waals surface area contributed by atoms with Crippen molar-refractivity contribution in [2.75, 3.05) is 24.5 Å². The third-order valence-corrected chi connectivity index (χ3v) is 4.84. The first-order chi connectivity index (χ1) is 13.2. The van der Waals surface area contributed by atoms with Crippen molar-refractivity contribution in [2.45, 2.75) is 25.7 Å². The van der Waals surface area contributed by atoms with Gasteiger partial charge in [0.05, 0.1) is 11.3 Å². The zero-order valence-electron chi connectivity index (χ0n) is 15.3. The highest BCUT2D eigenvalue weighted by atomic mass is 16.2. The first-order valence-electron chi connectivity index (χ1n) is 9.30. The normalized spacial score (nSPS) is 14.1. The van der Waals surface area contributed by atoms with Crippen LogP contribution >= 0.6 is 0 Å². The van der Waals surface area contributed by atoms with E-state index in [4.69, 9.17) is 0 Å². The van der Waals surface area contributed by atoms with Crippen LogP contribution < -0.4 is 4.90 Å². The first-order valence-corrected chi connectivity index (χ1v) is 9.30. The van der Waals surface area contributed by atoms with E-state index < -0.39 is 0 Å². The van der Waals surface area contributed by atoms with Gasteiger partial charge in [-0.3, -0.25) is 9.59 Å². The maximum absolute atomic E-state index is 12.5. The summed E-state index contributed by atoms with van der Waals surface area (Å²) in [5.41, 5.74) is 2.39. The lowest BCUT2D eigenvalue weighted by Crippen LogP contribution is -2.52. The maximum Gasteiger partial charge on any atom is 0.246 e. The number of nitriles is 1. The summed E-state index contributed by atoms with van der Waals surface area (Å²) in [5, 5.41) is 9.23. The predicted octanol–water partition coefficient (Wildman–Crippen LogP) is 3.15. The van der Waals surface area contributed by atoms with Crippen LogP contribution in [0.2, 0.25) is 0 Å². The van der Waals surface area contributed by atoms with Gasteiger partial charge in [0.2, 0.25) is 11.8 Å². The van der Waals surface area contributed by atoms with Gasteiger partial charge in [-0.1, -0.05) is 42.5 Å². The van der Waals surface area contributed by atoms with Crippen LogP contribution in [0.25, 0.3) is 0 Å². The molecule has 0 N–H and O–H groups in total. The fourth-order valence-electron chi connectivity index (χ4n) is 3.35. The highest BCUT2D eigenvalue weighted by Gasteiger charge is 2.28. The topological polar surface area (TPSA) is 64.4 Å². The maximum atomic E-state index is 12.5. The number of benzene rings is 2. The van der Waals surface area contributed by atoms with Crippen molar-refractivity contribution in [3.05, 3.63) is 65.7 Å². The number of nitrogens with zero attached hydrogens (tertiary/aromatic N) is 3. The smallest absolute Gasteiger partial charge is 0.246 e. The summed E-state index contributed by atoms with van der Waals surface area (Å²) in [6, 6.07) is 19.4. The summed E-state index contributed by atoms with van der Waals surface area (Å²) in [6.07, 6.45) is 3.21. The van der Waals surface area contributed by atoms with Crippen LogP contribution in [0.3, 0.4) is 0 Å². The van der Waals surface area contributed by atoms with Gasteiger partial charge in [-0.25, -0.2) is 0 Å². The molecule has 5 heteroatoms. The SMILES string of the molecule is N#Cc1ccccc1N1CCN(C(=O)CCCCc2ccccc2)CC1=O. The minimum absolute atomic E-state index is 0.0321. The number of piperazine rings is 1. The molecule has 0 bridgehead atoms. The van der Waals surface area contributed by atoms with Crippen LogP contribution in [0.4, 0.5) is 5.69 Å². The molecule has 1 saturated heterocycles. The van der Waals surface area contributed by atoms with E-state index in [1.807, 2.05) is 24.3 Å². The summed E-state index contributed by atoms with van der Waals surface area (Å²) < 4.78 is 0. The second-order valence-corrected chi connectivity index (χ2v) is 6.68. The minimum atomic E-state index is -0.137. The van der Waals surface area contributed by atoms with Crippen molar-refractivity contribution >= 4 is 17.5 Å². The Bertz CT molecular complexity index is 842. The number of aryl methyl sites for hydroxylation is 1. The Morgan fingerprint density at radius 3 is 2.48 bits per heavy atom. The van der Waals surface area contributed by atoms with Crippen LogP contribution in [0.15, 0.2) is 54.6 Å². The molecular weight excluding hydrogens is 338 g/mol. The molecule has 0 unspecified atom stereocenters. The highest BCUT2D eigenvalue weighted by molar-refractivity contribution is 5.98. The molecule has 1 aliphatic heterocycles. The lowest BCUT2D eigenvalue weighted by molar-refractivity contribution is -0.136. The number of para-hydroxylation sites is 1. The van der Waals surface area contributed by atoms with Gasteiger partial charge >= 0.3 is 0 Å². The van der Waals surface area contributed by atoms with Crippen molar-refractivity contribution in [3.63, 3.8) is 0 Å². The third kappa shape index (κ3) is 4.73.